The minimum absolute atomic E-state index is 0.0359. The van der Waals surface area contributed by atoms with Crippen LogP contribution in [0.2, 0.25) is 0 Å². The van der Waals surface area contributed by atoms with E-state index >= 15 is 0 Å². The Balaban J connectivity index is 1.54. The zero-order chi connectivity index (χ0) is 26.2. The summed E-state index contributed by atoms with van der Waals surface area (Å²) < 4.78 is 5.10. The Kier molecular flexibility index (Phi) is 12.9. The van der Waals surface area contributed by atoms with Crippen molar-refractivity contribution in [1.82, 2.24) is 0 Å². The molecule has 194 valence electrons. The monoisotopic (exact) mass is 494 g/mol. The number of ether oxygens (including phenoxy) is 1. The molecule has 2 rings (SSSR count). The lowest BCUT2D eigenvalue weighted by molar-refractivity contribution is -0.384. The molecular weight excluding hydrogens is 456 g/mol. The number of esters is 1. The van der Waals surface area contributed by atoms with Gasteiger partial charge < -0.3 is 9.64 Å². The van der Waals surface area contributed by atoms with Crippen molar-refractivity contribution < 1.29 is 14.5 Å². The van der Waals surface area contributed by atoms with E-state index in [9.17, 15) is 14.9 Å². The van der Waals surface area contributed by atoms with E-state index in [1.54, 1.807) is 19.1 Å². The number of anilines is 1. The van der Waals surface area contributed by atoms with Crippen LogP contribution in [-0.2, 0) is 9.53 Å². The number of nitro groups is 1. The lowest BCUT2D eigenvalue weighted by Gasteiger charge is -2.19. The molecule has 0 saturated carbocycles. The van der Waals surface area contributed by atoms with Gasteiger partial charge in [0.05, 0.1) is 22.9 Å². The third-order valence-corrected chi connectivity index (χ3v) is 5.85. The van der Waals surface area contributed by atoms with Crippen LogP contribution in [0.5, 0.6) is 0 Å². The molecule has 0 amide bonds. The van der Waals surface area contributed by atoms with Crippen LogP contribution in [0.4, 0.5) is 22.7 Å². The average molecular weight is 495 g/mol. The molecule has 0 bridgehead atoms. The molecule has 2 aromatic carbocycles. The molecule has 0 aliphatic rings. The van der Waals surface area contributed by atoms with Gasteiger partial charge in [-0.1, -0.05) is 51.5 Å². The van der Waals surface area contributed by atoms with E-state index in [0.29, 0.717) is 17.9 Å². The third kappa shape index (κ3) is 11.3. The van der Waals surface area contributed by atoms with Gasteiger partial charge in [0, 0.05) is 37.0 Å². The topological polar surface area (TPSA) is 97.4 Å². The van der Waals surface area contributed by atoms with E-state index in [-0.39, 0.29) is 11.7 Å². The summed E-state index contributed by atoms with van der Waals surface area (Å²) in [6.07, 6.45) is 10.6. The molecule has 8 nitrogen and oxygen atoms in total. The number of carbonyl (C=O) groups excluding carboxylic acids is 1. The van der Waals surface area contributed by atoms with Gasteiger partial charge in [0.25, 0.3) is 5.69 Å². The van der Waals surface area contributed by atoms with Gasteiger partial charge in [0.2, 0.25) is 0 Å². The first kappa shape index (κ1) is 28.7. The summed E-state index contributed by atoms with van der Waals surface area (Å²) in [5, 5.41) is 19.1. The smallest absolute Gasteiger partial charge is 0.333 e. The summed E-state index contributed by atoms with van der Waals surface area (Å²) in [4.78, 5) is 23.8. The highest BCUT2D eigenvalue weighted by Gasteiger charge is 2.04. The Morgan fingerprint density at radius 1 is 0.861 bits per heavy atom. The Morgan fingerprint density at radius 2 is 1.33 bits per heavy atom. The summed E-state index contributed by atoms with van der Waals surface area (Å²) >= 11 is 0. The van der Waals surface area contributed by atoms with Gasteiger partial charge in [-0.2, -0.15) is 10.2 Å². The fraction of sp³-hybridized carbons (Fsp3) is 0.464. The molecule has 2 aromatic rings. The summed E-state index contributed by atoms with van der Waals surface area (Å²) in [6.45, 7) is 6.74. The number of hydrogen-bond acceptors (Lipinski definition) is 7. The lowest BCUT2D eigenvalue weighted by atomic mass is 10.1. The average Bonchev–Trinajstić information content (AvgIpc) is 2.88. The molecule has 0 aromatic heterocycles. The van der Waals surface area contributed by atoms with Gasteiger partial charge in [-0.15, -0.1) is 0 Å². The van der Waals surface area contributed by atoms with Crippen LogP contribution in [0.3, 0.4) is 0 Å². The number of benzene rings is 2. The highest BCUT2D eigenvalue weighted by molar-refractivity contribution is 5.86. The van der Waals surface area contributed by atoms with E-state index in [1.807, 2.05) is 24.3 Å². The molecular formula is C28H38N4O4. The van der Waals surface area contributed by atoms with Crippen LogP contribution < -0.4 is 4.90 Å². The van der Waals surface area contributed by atoms with Crippen molar-refractivity contribution in [3.05, 3.63) is 70.8 Å². The van der Waals surface area contributed by atoms with Crippen molar-refractivity contribution in [3.8, 4) is 0 Å². The molecule has 0 radical (unpaired) electrons. The number of hydrogen-bond donors (Lipinski definition) is 0. The Labute approximate surface area is 214 Å². The van der Waals surface area contributed by atoms with E-state index in [0.717, 1.165) is 37.2 Å². The van der Waals surface area contributed by atoms with Crippen LogP contribution in [0.15, 0.2) is 70.9 Å². The number of azo groups is 1. The Morgan fingerprint density at radius 3 is 1.83 bits per heavy atom. The number of nitrogens with zero attached hydrogens (tertiary/aromatic N) is 4. The second-order valence-electron chi connectivity index (χ2n) is 9.01. The number of rotatable bonds is 17. The first-order valence-corrected chi connectivity index (χ1v) is 12.7. The van der Waals surface area contributed by atoms with Gasteiger partial charge in [-0.05, 0) is 56.2 Å². The standard InChI is InChI=1S/C28H38N4O4/c1-23(2)28(33)36-22-12-10-8-6-4-5-7-9-11-21-31(3)26-17-13-24(14-18-26)29-30-25-15-19-27(20-16-25)32(34)35/h13-20H,1,4-12,21-22H2,2-3H3/b30-29+. The van der Waals surface area contributed by atoms with E-state index < -0.39 is 4.92 Å². The van der Waals surface area contributed by atoms with Crippen LogP contribution in [0.1, 0.15) is 64.7 Å². The van der Waals surface area contributed by atoms with E-state index in [4.69, 9.17) is 4.74 Å². The first-order chi connectivity index (χ1) is 17.4. The zero-order valence-corrected chi connectivity index (χ0v) is 21.5. The van der Waals surface area contributed by atoms with Gasteiger partial charge in [-0.25, -0.2) is 4.79 Å². The van der Waals surface area contributed by atoms with Crippen molar-refractivity contribution in [2.24, 2.45) is 10.2 Å². The summed E-state index contributed by atoms with van der Waals surface area (Å²) in [5.74, 6) is -0.291. The number of nitro benzene ring substituents is 1. The molecule has 0 aliphatic carbocycles. The quantitative estimate of drug-likeness (QED) is 0.0553. The minimum Gasteiger partial charge on any atom is -0.462 e. The molecule has 0 N–H and O–H groups in total. The third-order valence-electron chi connectivity index (χ3n) is 5.85. The van der Waals surface area contributed by atoms with Gasteiger partial charge in [-0.3, -0.25) is 10.1 Å². The van der Waals surface area contributed by atoms with Gasteiger partial charge >= 0.3 is 5.97 Å². The maximum absolute atomic E-state index is 11.3. The number of unbranched alkanes of at least 4 members (excludes halogenated alkanes) is 8. The predicted molar refractivity (Wildman–Crippen MR) is 144 cm³/mol. The molecule has 0 heterocycles. The van der Waals surface area contributed by atoms with Crippen molar-refractivity contribution in [2.45, 2.75) is 64.7 Å². The van der Waals surface area contributed by atoms with E-state index in [1.165, 1.54) is 50.7 Å². The SMILES string of the molecule is C=C(C)C(=O)OCCCCCCCCCCCN(C)c1ccc(/N=N/c2ccc([N+](=O)[O-])cc2)cc1. The molecule has 0 unspecified atom stereocenters. The highest BCUT2D eigenvalue weighted by Crippen LogP contribution is 2.23. The van der Waals surface area contributed by atoms with Crippen molar-refractivity contribution >= 4 is 28.7 Å². The van der Waals surface area contributed by atoms with Crippen LogP contribution in [0, 0.1) is 10.1 Å². The predicted octanol–water partition coefficient (Wildman–Crippen LogP) is 8.08. The molecule has 0 saturated heterocycles. The molecule has 36 heavy (non-hydrogen) atoms. The van der Waals surface area contributed by atoms with Crippen LogP contribution in [-0.4, -0.2) is 31.1 Å². The molecule has 0 atom stereocenters. The second-order valence-corrected chi connectivity index (χ2v) is 9.01. The fourth-order valence-corrected chi connectivity index (χ4v) is 3.64. The summed E-state index contributed by atoms with van der Waals surface area (Å²) in [6, 6.07) is 13.9. The van der Waals surface area contributed by atoms with E-state index in [2.05, 4.69) is 28.8 Å². The maximum Gasteiger partial charge on any atom is 0.333 e. The maximum atomic E-state index is 11.3. The van der Waals surface area contributed by atoms with Crippen molar-refractivity contribution in [3.63, 3.8) is 0 Å². The number of non-ortho nitro benzene ring substituents is 1. The highest BCUT2D eigenvalue weighted by atomic mass is 16.6. The normalized spacial score (nSPS) is 10.9. The minimum atomic E-state index is -0.435. The molecule has 0 aliphatic heterocycles. The zero-order valence-electron chi connectivity index (χ0n) is 21.5. The van der Waals surface area contributed by atoms with Gasteiger partial charge in [0.1, 0.15) is 0 Å². The second kappa shape index (κ2) is 16.2. The summed E-state index contributed by atoms with van der Waals surface area (Å²) in [5.41, 5.74) is 2.94. The fourth-order valence-electron chi connectivity index (χ4n) is 3.64. The molecule has 8 heteroatoms. The van der Waals surface area contributed by atoms with Crippen LogP contribution >= 0.6 is 0 Å². The molecule has 0 spiro atoms. The summed E-state index contributed by atoms with van der Waals surface area (Å²) in [7, 11) is 2.10. The number of carbonyl (C=O) groups is 1. The first-order valence-electron chi connectivity index (χ1n) is 12.7. The van der Waals surface area contributed by atoms with Gasteiger partial charge in [0.15, 0.2) is 0 Å². The van der Waals surface area contributed by atoms with Crippen LogP contribution in [0.25, 0.3) is 0 Å². The Bertz CT molecular complexity index is 988. The van der Waals surface area contributed by atoms with Crippen molar-refractivity contribution in [1.29, 1.82) is 0 Å². The Hall–Kier alpha value is -3.55. The van der Waals surface area contributed by atoms with Crippen molar-refractivity contribution in [2.75, 3.05) is 25.1 Å². The lowest BCUT2D eigenvalue weighted by Crippen LogP contribution is -2.18. The molecule has 0 fully saturated rings. The largest absolute Gasteiger partial charge is 0.462 e.